The Hall–Kier alpha value is -1.71. The van der Waals surface area contributed by atoms with E-state index in [0.29, 0.717) is 6.61 Å². The molecule has 1 unspecified atom stereocenters. The molecule has 1 amide bonds. The third-order valence-corrected chi connectivity index (χ3v) is 2.90. The van der Waals surface area contributed by atoms with Crippen molar-refractivity contribution in [2.45, 2.75) is 25.8 Å². The Labute approximate surface area is 107 Å². The third-order valence-electron chi connectivity index (χ3n) is 2.90. The molecule has 0 heterocycles. The van der Waals surface area contributed by atoms with E-state index >= 15 is 0 Å². The summed E-state index contributed by atoms with van der Waals surface area (Å²) in [5.74, 6) is 1.98. The Balaban J connectivity index is 1.73. The zero-order chi connectivity index (χ0) is 13.0. The molecule has 0 aliphatic heterocycles. The minimum Gasteiger partial charge on any atom is -0.497 e. The largest absolute Gasteiger partial charge is 0.497 e. The number of carbonyl (C=O) groups is 1. The van der Waals surface area contributed by atoms with Crippen molar-refractivity contribution < 1.29 is 14.3 Å². The zero-order valence-corrected chi connectivity index (χ0v) is 10.8. The van der Waals surface area contributed by atoms with E-state index in [1.54, 1.807) is 7.11 Å². The van der Waals surface area contributed by atoms with Crippen LogP contribution < -0.4 is 14.8 Å². The van der Waals surface area contributed by atoms with E-state index in [1.165, 1.54) is 0 Å². The van der Waals surface area contributed by atoms with Gasteiger partial charge in [-0.05, 0) is 44.0 Å². The number of methoxy groups -OCH3 is 1. The number of carbonyl (C=O) groups excluding carboxylic acids is 1. The number of ether oxygens (including phenoxy) is 2. The maximum Gasteiger partial charge on any atom is 0.223 e. The van der Waals surface area contributed by atoms with Crippen LogP contribution >= 0.6 is 0 Å². The van der Waals surface area contributed by atoms with Crippen molar-refractivity contribution in [3.05, 3.63) is 24.3 Å². The van der Waals surface area contributed by atoms with Crippen LogP contribution in [0.5, 0.6) is 11.5 Å². The van der Waals surface area contributed by atoms with Gasteiger partial charge in [0.15, 0.2) is 0 Å². The lowest BCUT2D eigenvalue weighted by molar-refractivity contribution is -0.123. The third kappa shape index (κ3) is 3.65. The van der Waals surface area contributed by atoms with Gasteiger partial charge in [-0.1, -0.05) is 0 Å². The van der Waals surface area contributed by atoms with Crippen LogP contribution in [0.4, 0.5) is 0 Å². The van der Waals surface area contributed by atoms with Gasteiger partial charge in [0.25, 0.3) is 0 Å². The lowest BCUT2D eigenvalue weighted by Gasteiger charge is -2.15. The summed E-state index contributed by atoms with van der Waals surface area (Å²) in [6, 6.07) is 7.44. The van der Waals surface area contributed by atoms with Crippen LogP contribution in [0.2, 0.25) is 0 Å². The molecule has 0 bridgehead atoms. The molecule has 4 heteroatoms. The number of rotatable bonds is 6. The number of hydrogen-bond donors (Lipinski definition) is 1. The Bertz CT molecular complexity index is 398. The molecule has 0 aromatic heterocycles. The zero-order valence-electron chi connectivity index (χ0n) is 10.8. The molecular formula is C14H19NO3. The van der Waals surface area contributed by atoms with E-state index in [4.69, 9.17) is 9.47 Å². The summed E-state index contributed by atoms with van der Waals surface area (Å²) >= 11 is 0. The lowest BCUT2D eigenvalue weighted by atomic mass is 10.3. The van der Waals surface area contributed by atoms with Gasteiger partial charge < -0.3 is 14.8 Å². The van der Waals surface area contributed by atoms with Gasteiger partial charge in [-0.3, -0.25) is 4.79 Å². The molecule has 1 aromatic rings. The molecular weight excluding hydrogens is 230 g/mol. The predicted octanol–water partition coefficient (Wildman–Crippen LogP) is 1.99. The number of benzene rings is 1. The lowest BCUT2D eigenvalue weighted by Crippen LogP contribution is -2.37. The summed E-state index contributed by atoms with van der Waals surface area (Å²) in [6.07, 6.45) is 2.05. The van der Waals surface area contributed by atoms with E-state index in [2.05, 4.69) is 5.32 Å². The van der Waals surface area contributed by atoms with Crippen LogP contribution in [0.3, 0.4) is 0 Å². The summed E-state index contributed by atoms with van der Waals surface area (Å²) in [5, 5.41) is 2.95. The standard InChI is InChI=1S/C14H19NO3/c1-10(15-14(16)11-3-4-11)9-18-13-7-5-12(17-2)6-8-13/h5-8,10-11H,3-4,9H2,1-2H3,(H,15,16). The van der Waals surface area contributed by atoms with Crippen molar-refractivity contribution in [3.8, 4) is 11.5 Å². The highest BCUT2D eigenvalue weighted by molar-refractivity contribution is 5.81. The number of amides is 1. The Kier molecular flexibility index (Phi) is 4.07. The average Bonchev–Trinajstić information content (AvgIpc) is 3.21. The molecule has 1 atom stereocenters. The summed E-state index contributed by atoms with van der Waals surface area (Å²) in [7, 11) is 1.63. The van der Waals surface area contributed by atoms with Crippen molar-refractivity contribution in [1.82, 2.24) is 5.32 Å². The first-order chi connectivity index (χ1) is 8.69. The molecule has 0 saturated heterocycles. The molecule has 0 radical (unpaired) electrons. The molecule has 1 aliphatic rings. The predicted molar refractivity (Wildman–Crippen MR) is 68.8 cm³/mol. The molecule has 1 fully saturated rings. The number of nitrogens with one attached hydrogen (secondary N) is 1. The monoisotopic (exact) mass is 249 g/mol. The van der Waals surface area contributed by atoms with Gasteiger partial charge in [0, 0.05) is 5.92 Å². The van der Waals surface area contributed by atoms with Gasteiger partial charge in [-0.15, -0.1) is 0 Å². The minimum atomic E-state index is 0.0280. The van der Waals surface area contributed by atoms with Crippen LogP contribution in [0.25, 0.3) is 0 Å². The normalized spacial score (nSPS) is 15.9. The van der Waals surface area contributed by atoms with Crippen molar-refractivity contribution >= 4 is 5.91 Å². The van der Waals surface area contributed by atoms with Crippen LogP contribution in [0, 0.1) is 5.92 Å². The van der Waals surface area contributed by atoms with Gasteiger partial charge in [0.2, 0.25) is 5.91 Å². The second-order valence-electron chi connectivity index (χ2n) is 4.67. The summed E-state index contributed by atoms with van der Waals surface area (Å²) in [4.78, 5) is 11.5. The smallest absolute Gasteiger partial charge is 0.223 e. The number of hydrogen-bond acceptors (Lipinski definition) is 3. The first-order valence-electron chi connectivity index (χ1n) is 6.26. The fourth-order valence-electron chi connectivity index (χ4n) is 1.64. The Morgan fingerprint density at radius 1 is 1.33 bits per heavy atom. The average molecular weight is 249 g/mol. The van der Waals surface area contributed by atoms with E-state index < -0.39 is 0 Å². The van der Waals surface area contributed by atoms with E-state index in [0.717, 1.165) is 24.3 Å². The van der Waals surface area contributed by atoms with Crippen molar-refractivity contribution in [3.63, 3.8) is 0 Å². The molecule has 18 heavy (non-hydrogen) atoms. The molecule has 4 nitrogen and oxygen atoms in total. The maximum absolute atomic E-state index is 11.5. The molecule has 2 rings (SSSR count). The SMILES string of the molecule is COc1ccc(OCC(C)NC(=O)C2CC2)cc1. The molecule has 1 aliphatic carbocycles. The van der Waals surface area contributed by atoms with Crippen molar-refractivity contribution in [2.75, 3.05) is 13.7 Å². The first-order valence-corrected chi connectivity index (χ1v) is 6.26. The van der Waals surface area contributed by atoms with Crippen molar-refractivity contribution in [2.24, 2.45) is 5.92 Å². The molecule has 0 spiro atoms. The molecule has 1 saturated carbocycles. The van der Waals surface area contributed by atoms with Crippen LogP contribution in [-0.4, -0.2) is 25.7 Å². The van der Waals surface area contributed by atoms with E-state index in [1.807, 2.05) is 31.2 Å². The van der Waals surface area contributed by atoms with Crippen LogP contribution in [-0.2, 0) is 4.79 Å². The van der Waals surface area contributed by atoms with Crippen LogP contribution in [0.1, 0.15) is 19.8 Å². The highest BCUT2D eigenvalue weighted by atomic mass is 16.5. The topological polar surface area (TPSA) is 47.6 Å². The second-order valence-corrected chi connectivity index (χ2v) is 4.67. The van der Waals surface area contributed by atoms with Gasteiger partial charge in [-0.25, -0.2) is 0 Å². The van der Waals surface area contributed by atoms with Gasteiger partial charge >= 0.3 is 0 Å². The van der Waals surface area contributed by atoms with Gasteiger partial charge in [0.1, 0.15) is 18.1 Å². The van der Waals surface area contributed by atoms with E-state index in [9.17, 15) is 4.79 Å². The second kappa shape index (κ2) is 5.76. The van der Waals surface area contributed by atoms with Gasteiger partial charge in [0.05, 0.1) is 13.2 Å². The van der Waals surface area contributed by atoms with Crippen LogP contribution in [0.15, 0.2) is 24.3 Å². The Morgan fingerprint density at radius 3 is 2.50 bits per heavy atom. The summed E-state index contributed by atoms with van der Waals surface area (Å²) in [6.45, 7) is 2.43. The molecule has 1 N–H and O–H groups in total. The summed E-state index contributed by atoms with van der Waals surface area (Å²) in [5.41, 5.74) is 0. The Morgan fingerprint density at radius 2 is 1.94 bits per heavy atom. The maximum atomic E-state index is 11.5. The van der Waals surface area contributed by atoms with Crippen molar-refractivity contribution in [1.29, 1.82) is 0 Å². The fourth-order valence-corrected chi connectivity index (χ4v) is 1.64. The fraction of sp³-hybridized carbons (Fsp3) is 0.500. The molecule has 98 valence electrons. The quantitative estimate of drug-likeness (QED) is 0.838. The minimum absolute atomic E-state index is 0.0280. The van der Waals surface area contributed by atoms with E-state index in [-0.39, 0.29) is 17.9 Å². The molecule has 1 aromatic carbocycles. The highest BCUT2D eigenvalue weighted by Gasteiger charge is 2.30. The summed E-state index contributed by atoms with van der Waals surface area (Å²) < 4.78 is 10.7. The van der Waals surface area contributed by atoms with Gasteiger partial charge in [-0.2, -0.15) is 0 Å². The first kappa shape index (κ1) is 12.7. The highest BCUT2D eigenvalue weighted by Crippen LogP contribution is 2.28.